The maximum Gasteiger partial charge on any atom is 0.243 e. The van der Waals surface area contributed by atoms with Crippen molar-refractivity contribution in [3.8, 4) is 0 Å². The summed E-state index contributed by atoms with van der Waals surface area (Å²) >= 11 is 0. The maximum absolute atomic E-state index is 11.2. The van der Waals surface area contributed by atoms with Gasteiger partial charge >= 0.3 is 0 Å². The second-order valence-electron chi connectivity index (χ2n) is 4.10. The van der Waals surface area contributed by atoms with E-state index >= 15 is 0 Å². The third kappa shape index (κ3) is 7.78. The van der Waals surface area contributed by atoms with Crippen LogP contribution in [0.25, 0.3) is 0 Å². The van der Waals surface area contributed by atoms with Crippen molar-refractivity contribution in [2.45, 2.75) is 20.3 Å². The van der Waals surface area contributed by atoms with Crippen LogP contribution in [0.5, 0.6) is 0 Å². The molecule has 0 spiro atoms. The zero-order chi connectivity index (χ0) is 11.8. The number of guanidine groups is 1. The third-order valence-electron chi connectivity index (χ3n) is 1.91. The molecule has 0 atom stereocenters. The number of nitrogens with one attached hydrogen (secondary N) is 1. The quantitative estimate of drug-likeness (QED) is 0.501. The van der Waals surface area contributed by atoms with E-state index in [2.05, 4.69) is 24.2 Å². The minimum atomic E-state index is -0.0522. The van der Waals surface area contributed by atoms with Crippen LogP contribution in [0.1, 0.15) is 20.3 Å². The Morgan fingerprint density at radius 3 is 2.53 bits per heavy atom. The average Bonchev–Trinajstić information content (AvgIpc) is 2.13. The predicted molar refractivity (Wildman–Crippen MR) is 62.6 cm³/mol. The number of nitrogens with two attached hydrogens (primary N) is 1. The second-order valence-corrected chi connectivity index (χ2v) is 4.10. The van der Waals surface area contributed by atoms with Crippen molar-refractivity contribution < 1.29 is 4.79 Å². The highest BCUT2D eigenvalue weighted by atomic mass is 16.2. The van der Waals surface area contributed by atoms with Crippen LogP contribution in [0.2, 0.25) is 0 Å². The molecule has 5 heteroatoms. The first-order valence-electron chi connectivity index (χ1n) is 5.17. The number of hydrogen-bond donors (Lipinski definition) is 2. The molecule has 0 fully saturated rings. The SMILES string of the molecule is CC(C)CCNC(N)=NCC(=O)N(C)C. The molecule has 5 nitrogen and oxygen atoms in total. The van der Waals surface area contributed by atoms with Crippen molar-refractivity contribution in [2.75, 3.05) is 27.2 Å². The number of likely N-dealkylation sites (N-methyl/N-ethyl adjacent to an activating group) is 1. The number of aliphatic imine (C=N–C) groups is 1. The summed E-state index contributed by atoms with van der Waals surface area (Å²) in [6.07, 6.45) is 1.04. The zero-order valence-electron chi connectivity index (χ0n) is 10.1. The summed E-state index contributed by atoms with van der Waals surface area (Å²) in [4.78, 5) is 16.6. The second kappa shape index (κ2) is 7.09. The van der Waals surface area contributed by atoms with Gasteiger partial charge in [0, 0.05) is 20.6 Å². The summed E-state index contributed by atoms with van der Waals surface area (Å²) in [5.41, 5.74) is 5.58. The van der Waals surface area contributed by atoms with Crippen molar-refractivity contribution in [3.05, 3.63) is 0 Å². The Morgan fingerprint density at radius 2 is 2.07 bits per heavy atom. The predicted octanol–water partition coefficient (Wildman–Crippen LogP) is 0.0250. The van der Waals surface area contributed by atoms with Crippen LogP contribution in [0.4, 0.5) is 0 Å². The van der Waals surface area contributed by atoms with E-state index in [9.17, 15) is 4.79 Å². The van der Waals surface area contributed by atoms with E-state index in [1.165, 1.54) is 4.90 Å². The Kier molecular flexibility index (Phi) is 6.49. The van der Waals surface area contributed by atoms with Gasteiger partial charge in [-0.1, -0.05) is 13.8 Å². The van der Waals surface area contributed by atoms with E-state index in [1.807, 2.05) is 0 Å². The van der Waals surface area contributed by atoms with Crippen molar-refractivity contribution >= 4 is 11.9 Å². The molecular formula is C10H22N4O. The van der Waals surface area contributed by atoms with Crippen molar-refractivity contribution in [1.82, 2.24) is 10.2 Å². The van der Waals surface area contributed by atoms with Crippen molar-refractivity contribution in [2.24, 2.45) is 16.6 Å². The van der Waals surface area contributed by atoms with Gasteiger partial charge in [-0.15, -0.1) is 0 Å². The molecule has 0 aromatic rings. The standard InChI is InChI=1S/C10H22N4O/c1-8(2)5-6-12-10(11)13-7-9(15)14(3)4/h8H,5-7H2,1-4H3,(H3,11,12,13). The molecule has 0 aliphatic heterocycles. The van der Waals surface area contributed by atoms with Gasteiger partial charge in [0.05, 0.1) is 0 Å². The number of carbonyl (C=O) groups is 1. The van der Waals surface area contributed by atoms with Crippen LogP contribution in [0.3, 0.4) is 0 Å². The number of amides is 1. The number of carbonyl (C=O) groups excluding carboxylic acids is 1. The fourth-order valence-corrected chi connectivity index (χ4v) is 0.839. The fourth-order valence-electron chi connectivity index (χ4n) is 0.839. The lowest BCUT2D eigenvalue weighted by Crippen LogP contribution is -2.34. The fraction of sp³-hybridized carbons (Fsp3) is 0.800. The van der Waals surface area contributed by atoms with Crippen LogP contribution < -0.4 is 11.1 Å². The summed E-state index contributed by atoms with van der Waals surface area (Å²) in [5, 5.41) is 2.97. The molecule has 0 bridgehead atoms. The van der Waals surface area contributed by atoms with Crippen LogP contribution in [-0.4, -0.2) is 44.0 Å². The molecule has 0 aromatic carbocycles. The minimum Gasteiger partial charge on any atom is -0.370 e. The van der Waals surface area contributed by atoms with E-state index in [-0.39, 0.29) is 12.5 Å². The molecular weight excluding hydrogens is 192 g/mol. The molecule has 0 heterocycles. The monoisotopic (exact) mass is 214 g/mol. The van der Waals surface area contributed by atoms with Crippen molar-refractivity contribution in [3.63, 3.8) is 0 Å². The third-order valence-corrected chi connectivity index (χ3v) is 1.91. The van der Waals surface area contributed by atoms with E-state index in [0.29, 0.717) is 11.9 Å². The average molecular weight is 214 g/mol. The first-order valence-corrected chi connectivity index (χ1v) is 5.17. The number of rotatable bonds is 5. The highest BCUT2D eigenvalue weighted by molar-refractivity contribution is 5.83. The van der Waals surface area contributed by atoms with Crippen LogP contribution in [0.15, 0.2) is 4.99 Å². The molecule has 3 N–H and O–H groups in total. The Labute approximate surface area is 91.7 Å². The molecule has 1 amide bonds. The summed E-state index contributed by atoms with van der Waals surface area (Å²) < 4.78 is 0. The van der Waals surface area contributed by atoms with Gasteiger partial charge in [0.2, 0.25) is 5.91 Å². The Balaban J connectivity index is 3.74. The first kappa shape index (κ1) is 13.7. The summed E-state index contributed by atoms with van der Waals surface area (Å²) in [5.74, 6) is 0.920. The Bertz CT molecular complexity index is 223. The molecule has 0 aliphatic rings. The summed E-state index contributed by atoms with van der Waals surface area (Å²) in [7, 11) is 3.39. The van der Waals surface area contributed by atoms with Gasteiger partial charge in [-0.2, -0.15) is 0 Å². The molecule has 0 aliphatic carbocycles. The first-order chi connectivity index (χ1) is 6.93. The highest BCUT2D eigenvalue weighted by Gasteiger charge is 2.02. The smallest absolute Gasteiger partial charge is 0.243 e. The molecule has 0 rings (SSSR count). The lowest BCUT2D eigenvalue weighted by atomic mass is 10.1. The number of nitrogens with zero attached hydrogens (tertiary/aromatic N) is 2. The van der Waals surface area contributed by atoms with Crippen LogP contribution in [-0.2, 0) is 4.79 Å². The van der Waals surface area contributed by atoms with Gasteiger partial charge in [0.15, 0.2) is 5.96 Å². The molecule has 0 radical (unpaired) electrons. The van der Waals surface area contributed by atoms with Gasteiger partial charge < -0.3 is 16.0 Å². The molecule has 15 heavy (non-hydrogen) atoms. The lowest BCUT2D eigenvalue weighted by molar-refractivity contribution is -0.127. The Hall–Kier alpha value is -1.26. The normalized spacial score (nSPS) is 11.7. The lowest BCUT2D eigenvalue weighted by Gasteiger charge is -2.09. The topological polar surface area (TPSA) is 70.7 Å². The Morgan fingerprint density at radius 1 is 1.47 bits per heavy atom. The highest BCUT2D eigenvalue weighted by Crippen LogP contribution is 1.95. The van der Waals surface area contributed by atoms with E-state index in [4.69, 9.17) is 5.73 Å². The van der Waals surface area contributed by atoms with Crippen molar-refractivity contribution in [1.29, 1.82) is 0 Å². The zero-order valence-corrected chi connectivity index (χ0v) is 10.1. The van der Waals surface area contributed by atoms with Gasteiger partial charge in [-0.25, -0.2) is 4.99 Å². The van der Waals surface area contributed by atoms with Gasteiger partial charge in [0.1, 0.15) is 6.54 Å². The van der Waals surface area contributed by atoms with E-state index in [1.54, 1.807) is 14.1 Å². The molecule has 0 unspecified atom stereocenters. The molecule has 88 valence electrons. The molecule has 0 saturated carbocycles. The minimum absolute atomic E-state index is 0.0522. The summed E-state index contributed by atoms with van der Waals surface area (Å²) in [6, 6.07) is 0. The summed E-state index contributed by atoms with van der Waals surface area (Å²) in [6.45, 7) is 5.19. The maximum atomic E-state index is 11.2. The largest absolute Gasteiger partial charge is 0.370 e. The van der Waals surface area contributed by atoms with Gasteiger partial charge in [-0.3, -0.25) is 4.79 Å². The molecule has 0 aromatic heterocycles. The number of hydrogen-bond acceptors (Lipinski definition) is 2. The van der Waals surface area contributed by atoms with Crippen LogP contribution >= 0.6 is 0 Å². The van der Waals surface area contributed by atoms with Gasteiger partial charge in [0.25, 0.3) is 0 Å². The molecule has 0 saturated heterocycles. The van der Waals surface area contributed by atoms with E-state index in [0.717, 1.165) is 13.0 Å². The van der Waals surface area contributed by atoms with Crippen LogP contribution in [0, 0.1) is 5.92 Å². The van der Waals surface area contributed by atoms with Gasteiger partial charge in [-0.05, 0) is 12.3 Å². The van der Waals surface area contributed by atoms with E-state index < -0.39 is 0 Å².